The predicted octanol–water partition coefficient (Wildman–Crippen LogP) is 11.9. The van der Waals surface area contributed by atoms with Gasteiger partial charge in [-0.3, -0.25) is 9.80 Å². The van der Waals surface area contributed by atoms with Crippen molar-refractivity contribution in [2.24, 2.45) is 0 Å². The van der Waals surface area contributed by atoms with Crippen LogP contribution in [0.4, 0.5) is 0 Å². The smallest absolute Gasteiger partial charge is 0.124 e. The van der Waals surface area contributed by atoms with E-state index < -0.39 is 14.3 Å². The fourth-order valence-corrected chi connectivity index (χ4v) is 14.1. The highest BCUT2D eigenvalue weighted by Crippen LogP contribution is 2.55. The maximum absolute atomic E-state index is 15.0. The van der Waals surface area contributed by atoms with Gasteiger partial charge in [-0.25, -0.2) is 0 Å². The van der Waals surface area contributed by atoms with Crippen molar-refractivity contribution in [1.82, 2.24) is 9.80 Å². The predicted molar refractivity (Wildman–Crippen MR) is 219 cm³/mol. The van der Waals surface area contributed by atoms with E-state index in [1.807, 2.05) is 0 Å². The average Bonchev–Trinajstić information content (AvgIpc) is 3.10. The van der Waals surface area contributed by atoms with E-state index in [1.165, 1.54) is 12.1 Å². The van der Waals surface area contributed by atoms with Crippen LogP contribution in [0.15, 0.2) is 36.4 Å². The molecule has 0 spiro atoms. The van der Waals surface area contributed by atoms with Crippen LogP contribution in [0.25, 0.3) is 0 Å². The number of phenolic OH excluding ortho intramolecular Hbond substituents is 4. The van der Waals surface area contributed by atoms with Crippen LogP contribution < -0.4 is 0 Å². The largest absolute Gasteiger partial charge is 0.508 e. The Morgan fingerprint density at radius 1 is 0.500 bits per heavy atom. The Morgan fingerprint density at radius 2 is 0.808 bits per heavy atom. The summed E-state index contributed by atoms with van der Waals surface area (Å²) in [7, 11) is -5.35. The Morgan fingerprint density at radius 3 is 1.08 bits per heavy atom. The standard InChI is InChI=1S/C42H72N2O6P2/c1-5-9-13-17-25-51(49,26-18-14-10-6-2)33-43-31-40(38-24-22-36(46)30-42(38)48)44(32-39(43)37-23-21-35(45)29-41(37)47)34-52(50,27-19-15-11-7-3)28-20-16-12-8-4/h21-24,29-30,39-40,45-48H,5-20,25-28,31-34H2,1-4H3. The van der Waals surface area contributed by atoms with E-state index in [-0.39, 0.29) is 35.1 Å². The first-order valence-corrected chi connectivity index (χ1v) is 25.2. The lowest BCUT2D eigenvalue weighted by molar-refractivity contribution is 0.0473. The van der Waals surface area contributed by atoms with Gasteiger partial charge in [-0.05, 0) is 37.8 Å². The normalized spacial score (nSPS) is 17.5. The number of piperazine rings is 1. The second kappa shape index (κ2) is 23.1. The van der Waals surface area contributed by atoms with E-state index in [4.69, 9.17) is 0 Å². The molecule has 0 amide bonds. The molecule has 8 nitrogen and oxygen atoms in total. The van der Waals surface area contributed by atoms with Gasteiger partial charge in [-0.15, -0.1) is 0 Å². The number of rotatable bonds is 26. The maximum atomic E-state index is 15.0. The zero-order chi connectivity index (χ0) is 38.0. The second-order valence-corrected chi connectivity index (χ2v) is 22.2. The number of nitrogens with zero attached hydrogens (tertiary/aromatic N) is 2. The molecule has 3 rings (SSSR count). The van der Waals surface area contributed by atoms with Gasteiger partial charge >= 0.3 is 0 Å². The molecule has 2 atom stereocenters. The number of hydrogen-bond donors (Lipinski definition) is 4. The Kier molecular flexibility index (Phi) is 19.7. The third kappa shape index (κ3) is 14.3. The molecule has 10 heteroatoms. The lowest BCUT2D eigenvalue weighted by Crippen LogP contribution is -2.51. The molecule has 0 aromatic heterocycles. The molecular formula is C42H72N2O6P2. The Bertz CT molecular complexity index is 1280. The molecule has 4 N–H and O–H groups in total. The van der Waals surface area contributed by atoms with Crippen molar-refractivity contribution in [2.45, 2.75) is 143 Å². The molecule has 2 aromatic rings. The summed E-state index contributed by atoms with van der Waals surface area (Å²) in [6, 6.07) is 8.75. The van der Waals surface area contributed by atoms with Crippen LogP contribution in [0, 0.1) is 0 Å². The molecule has 2 aromatic carbocycles. The minimum atomic E-state index is -2.67. The van der Waals surface area contributed by atoms with Gasteiger partial charge in [-0.1, -0.05) is 117 Å². The number of benzene rings is 2. The van der Waals surface area contributed by atoms with Gasteiger partial charge in [0.2, 0.25) is 0 Å². The number of phenols is 4. The summed E-state index contributed by atoms with van der Waals surface area (Å²) in [5, 5.41) is 43.0. The maximum Gasteiger partial charge on any atom is 0.124 e. The van der Waals surface area contributed by atoms with E-state index in [2.05, 4.69) is 37.5 Å². The Labute approximate surface area is 316 Å². The van der Waals surface area contributed by atoms with Gasteiger partial charge in [-0.2, -0.15) is 0 Å². The zero-order valence-electron chi connectivity index (χ0n) is 33.0. The summed E-state index contributed by atoms with van der Waals surface area (Å²) in [6.45, 7) is 9.59. The summed E-state index contributed by atoms with van der Waals surface area (Å²) in [4.78, 5) is 4.49. The first kappa shape index (κ1) is 44.4. The van der Waals surface area contributed by atoms with Crippen molar-refractivity contribution >= 4 is 14.3 Å². The highest BCUT2D eigenvalue weighted by atomic mass is 31.2. The van der Waals surface area contributed by atoms with Crippen molar-refractivity contribution in [3.63, 3.8) is 0 Å². The van der Waals surface area contributed by atoms with E-state index in [0.717, 1.165) is 103 Å². The van der Waals surface area contributed by atoms with E-state index in [9.17, 15) is 20.4 Å². The fourth-order valence-electron chi connectivity index (χ4n) is 7.94. The highest BCUT2D eigenvalue weighted by molar-refractivity contribution is 7.64. The van der Waals surface area contributed by atoms with Crippen molar-refractivity contribution in [3.8, 4) is 23.0 Å². The summed E-state index contributed by atoms with van der Waals surface area (Å²) in [5.41, 5.74) is 1.31. The average molecular weight is 763 g/mol. The minimum Gasteiger partial charge on any atom is -0.508 e. The van der Waals surface area contributed by atoms with Crippen molar-refractivity contribution < 1.29 is 29.6 Å². The van der Waals surface area contributed by atoms with Crippen molar-refractivity contribution in [3.05, 3.63) is 47.5 Å². The molecule has 1 aliphatic heterocycles. The van der Waals surface area contributed by atoms with Crippen LogP contribution in [0.3, 0.4) is 0 Å². The summed E-state index contributed by atoms with van der Waals surface area (Å²) in [6.07, 6.45) is 20.4. The number of unbranched alkanes of at least 4 members (excludes halogenated alkanes) is 12. The van der Waals surface area contributed by atoms with Gasteiger partial charge in [0.1, 0.15) is 37.3 Å². The van der Waals surface area contributed by atoms with Crippen LogP contribution in [-0.2, 0) is 9.13 Å². The minimum absolute atomic E-state index is 0.0103. The quantitative estimate of drug-likeness (QED) is 0.0552. The number of aromatic hydroxyl groups is 4. The van der Waals surface area contributed by atoms with E-state index in [0.29, 0.717) is 61.4 Å². The molecule has 1 aliphatic rings. The first-order chi connectivity index (χ1) is 25.0. The summed E-state index contributed by atoms with van der Waals surface area (Å²) < 4.78 is 30.1. The molecule has 0 radical (unpaired) electrons. The molecule has 52 heavy (non-hydrogen) atoms. The SMILES string of the molecule is CCCCCCP(=O)(CCCCCC)CN1CC(c2ccc(O)cc2O)N(CP(=O)(CCCCCC)CCCCCC)CC1c1ccc(O)cc1O. The Balaban J connectivity index is 2.09. The van der Waals surface area contributed by atoms with Gasteiger partial charge in [0, 0.05) is 61.0 Å². The van der Waals surface area contributed by atoms with Crippen LogP contribution in [0.1, 0.15) is 154 Å². The van der Waals surface area contributed by atoms with Gasteiger partial charge in [0.05, 0.1) is 24.7 Å². The van der Waals surface area contributed by atoms with E-state index in [1.54, 1.807) is 24.3 Å². The highest BCUT2D eigenvalue weighted by Gasteiger charge is 2.42. The molecule has 0 bridgehead atoms. The molecule has 0 saturated carbocycles. The van der Waals surface area contributed by atoms with Gasteiger partial charge < -0.3 is 29.6 Å². The van der Waals surface area contributed by atoms with Gasteiger partial charge in [0.25, 0.3) is 0 Å². The third-order valence-electron chi connectivity index (χ3n) is 11.0. The molecule has 1 heterocycles. The van der Waals surface area contributed by atoms with Gasteiger partial charge in [0.15, 0.2) is 0 Å². The topological polar surface area (TPSA) is 122 Å². The third-order valence-corrected chi connectivity index (χ3v) is 17.3. The van der Waals surface area contributed by atoms with Crippen LogP contribution >= 0.6 is 14.3 Å². The van der Waals surface area contributed by atoms with E-state index >= 15 is 9.13 Å². The monoisotopic (exact) mass is 762 g/mol. The zero-order valence-corrected chi connectivity index (χ0v) is 34.8. The lowest BCUT2D eigenvalue weighted by atomic mass is 9.95. The van der Waals surface area contributed by atoms with Crippen molar-refractivity contribution in [1.29, 1.82) is 0 Å². The lowest BCUT2D eigenvalue weighted by Gasteiger charge is -2.48. The Hall–Kier alpha value is -1.98. The molecule has 1 fully saturated rings. The van der Waals surface area contributed by atoms with Crippen molar-refractivity contribution in [2.75, 3.05) is 50.3 Å². The molecule has 1 saturated heterocycles. The molecule has 0 aliphatic carbocycles. The summed E-state index contributed by atoms with van der Waals surface area (Å²) >= 11 is 0. The second-order valence-electron chi connectivity index (χ2n) is 15.6. The summed E-state index contributed by atoms with van der Waals surface area (Å²) in [5.74, 6) is -0.0603. The van der Waals surface area contributed by atoms with Crippen LogP contribution in [-0.4, -0.2) is 80.5 Å². The fraction of sp³-hybridized carbons (Fsp3) is 0.714. The molecule has 2 unspecified atom stereocenters. The molecule has 296 valence electrons. The number of hydrogen-bond acceptors (Lipinski definition) is 8. The first-order valence-electron chi connectivity index (χ1n) is 20.6. The van der Waals surface area contributed by atoms with Crippen LogP contribution in [0.2, 0.25) is 0 Å². The molecular weight excluding hydrogens is 690 g/mol. The van der Waals surface area contributed by atoms with Crippen LogP contribution in [0.5, 0.6) is 23.0 Å².